The van der Waals surface area contributed by atoms with Crippen LogP contribution in [0.5, 0.6) is 0 Å². The molecular formula is C8H10N4O. The number of nitrogens with two attached hydrogens (primary N) is 1. The van der Waals surface area contributed by atoms with Gasteiger partial charge < -0.3 is 10.5 Å². The normalized spacial score (nSPS) is 12.5. The minimum atomic E-state index is -0.207. The summed E-state index contributed by atoms with van der Waals surface area (Å²) in [5.41, 5.74) is 4.88. The first-order valence-corrected chi connectivity index (χ1v) is 3.63. The number of hydrogen-bond acceptors (Lipinski definition) is 5. The van der Waals surface area contributed by atoms with E-state index in [-0.39, 0.29) is 11.4 Å². The third-order valence-electron chi connectivity index (χ3n) is 1.10. The van der Waals surface area contributed by atoms with Crippen LogP contribution in [-0.4, -0.2) is 12.5 Å². The first-order chi connectivity index (χ1) is 6.15. The largest absolute Gasteiger partial charge is 0.481 e. The van der Waals surface area contributed by atoms with Gasteiger partial charge in [-0.15, -0.1) is 0 Å². The van der Waals surface area contributed by atoms with Crippen LogP contribution < -0.4 is 5.73 Å². The van der Waals surface area contributed by atoms with Gasteiger partial charge in [-0.2, -0.15) is 10.5 Å². The Bertz CT molecular complexity index is 316. The molecule has 0 aliphatic heterocycles. The summed E-state index contributed by atoms with van der Waals surface area (Å²) in [5.74, 6) is 0.317. The molecule has 0 saturated heterocycles. The Hall–Kier alpha value is -2.01. The van der Waals surface area contributed by atoms with Gasteiger partial charge in [-0.3, -0.25) is 0 Å². The van der Waals surface area contributed by atoms with Gasteiger partial charge in [0.25, 0.3) is 0 Å². The SMILES string of the molecule is CCOC(C)=N/C(C#N)=C(\N)C#N. The lowest BCUT2D eigenvalue weighted by molar-refractivity contribution is 0.324. The highest BCUT2D eigenvalue weighted by Crippen LogP contribution is 1.99. The van der Waals surface area contributed by atoms with Crippen molar-refractivity contribution in [3.05, 3.63) is 11.4 Å². The van der Waals surface area contributed by atoms with Gasteiger partial charge >= 0.3 is 0 Å². The zero-order valence-corrected chi connectivity index (χ0v) is 7.53. The van der Waals surface area contributed by atoms with E-state index < -0.39 is 0 Å². The molecule has 0 aliphatic carbocycles. The van der Waals surface area contributed by atoms with E-state index in [4.69, 9.17) is 21.0 Å². The molecule has 2 N–H and O–H groups in total. The van der Waals surface area contributed by atoms with Crippen molar-refractivity contribution in [3.8, 4) is 12.1 Å². The fourth-order valence-corrected chi connectivity index (χ4v) is 0.597. The maximum atomic E-state index is 8.54. The number of nitrogens with zero attached hydrogens (tertiary/aromatic N) is 3. The van der Waals surface area contributed by atoms with E-state index in [2.05, 4.69) is 4.99 Å². The van der Waals surface area contributed by atoms with Gasteiger partial charge in [0, 0.05) is 6.92 Å². The smallest absolute Gasteiger partial charge is 0.185 e. The average molecular weight is 178 g/mol. The molecule has 0 unspecified atom stereocenters. The van der Waals surface area contributed by atoms with Gasteiger partial charge in [0.05, 0.1) is 6.61 Å². The lowest BCUT2D eigenvalue weighted by Gasteiger charge is -1.99. The minimum absolute atomic E-state index is 0.117. The second kappa shape index (κ2) is 5.62. The second-order valence-electron chi connectivity index (χ2n) is 2.05. The number of rotatable bonds is 2. The van der Waals surface area contributed by atoms with E-state index in [9.17, 15) is 0 Å². The zero-order chi connectivity index (χ0) is 10.3. The van der Waals surface area contributed by atoms with Gasteiger partial charge in [-0.25, -0.2) is 4.99 Å². The van der Waals surface area contributed by atoms with Crippen LogP contribution in [0.1, 0.15) is 13.8 Å². The molecule has 0 aromatic rings. The zero-order valence-electron chi connectivity index (χ0n) is 7.53. The number of ether oxygens (including phenoxy) is 1. The quantitative estimate of drug-likeness (QED) is 0.381. The summed E-state index contributed by atoms with van der Waals surface area (Å²) in [6, 6.07) is 3.34. The molecule has 0 saturated carbocycles. The summed E-state index contributed by atoms with van der Waals surface area (Å²) in [6.07, 6.45) is 0. The molecule has 0 aromatic carbocycles. The van der Waals surface area contributed by atoms with Crippen molar-refractivity contribution in [3.63, 3.8) is 0 Å². The van der Waals surface area contributed by atoms with E-state index in [0.29, 0.717) is 12.5 Å². The van der Waals surface area contributed by atoms with Crippen molar-refractivity contribution in [1.82, 2.24) is 0 Å². The summed E-state index contributed by atoms with van der Waals surface area (Å²) in [7, 11) is 0. The van der Waals surface area contributed by atoms with Crippen molar-refractivity contribution in [1.29, 1.82) is 10.5 Å². The first-order valence-electron chi connectivity index (χ1n) is 3.63. The lowest BCUT2D eigenvalue weighted by Crippen LogP contribution is -2.02. The predicted molar refractivity (Wildman–Crippen MR) is 47.2 cm³/mol. The molecule has 0 atom stereocenters. The highest BCUT2D eigenvalue weighted by Gasteiger charge is 2.00. The molecule has 0 rings (SSSR count). The van der Waals surface area contributed by atoms with Gasteiger partial charge in [-0.1, -0.05) is 0 Å². The van der Waals surface area contributed by atoms with Gasteiger partial charge in [0.1, 0.15) is 17.8 Å². The Morgan fingerprint density at radius 2 is 2.08 bits per heavy atom. The van der Waals surface area contributed by atoms with Gasteiger partial charge in [-0.05, 0) is 6.92 Å². The van der Waals surface area contributed by atoms with Crippen LogP contribution in [0.3, 0.4) is 0 Å². The van der Waals surface area contributed by atoms with E-state index >= 15 is 0 Å². The second-order valence-corrected chi connectivity index (χ2v) is 2.05. The van der Waals surface area contributed by atoms with E-state index in [1.54, 1.807) is 26.0 Å². The van der Waals surface area contributed by atoms with Crippen LogP contribution >= 0.6 is 0 Å². The molecule has 5 nitrogen and oxygen atoms in total. The Morgan fingerprint density at radius 1 is 1.46 bits per heavy atom. The van der Waals surface area contributed by atoms with Crippen LogP contribution in [0.4, 0.5) is 0 Å². The van der Waals surface area contributed by atoms with Crippen LogP contribution in [0.15, 0.2) is 16.4 Å². The van der Waals surface area contributed by atoms with Crippen molar-refractivity contribution in [2.45, 2.75) is 13.8 Å². The molecule has 0 aliphatic rings. The van der Waals surface area contributed by atoms with E-state index in [1.165, 1.54) is 0 Å². The summed E-state index contributed by atoms with van der Waals surface area (Å²) < 4.78 is 4.97. The first kappa shape index (κ1) is 11.0. The van der Waals surface area contributed by atoms with E-state index in [0.717, 1.165) is 0 Å². The molecule has 0 fully saturated rings. The topological polar surface area (TPSA) is 95.2 Å². The highest BCUT2D eigenvalue weighted by atomic mass is 16.5. The molecule has 0 bridgehead atoms. The number of aliphatic imine (C=N–C) groups is 1. The summed E-state index contributed by atoms with van der Waals surface area (Å²) in [5, 5.41) is 16.9. The average Bonchev–Trinajstić information content (AvgIpc) is 2.13. The molecule has 0 heterocycles. The maximum Gasteiger partial charge on any atom is 0.185 e. The third-order valence-corrected chi connectivity index (χ3v) is 1.10. The summed E-state index contributed by atoms with van der Waals surface area (Å²) in [6.45, 7) is 3.84. The molecule has 0 spiro atoms. The Labute approximate surface area is 76.7 Å². The molecule has 5 heteroatoms. The Morgan fingerprint density at radius 3 is 2.46 bits per heavy atom. The molecule has 0 aromatic heterocycles. The van der Waals surface area contributed by atoms with Crippen molar-refractivity contribution in [2.24, 2.45) is 10.7 Å². The van der Waals surface area contributed by atoms with Crippen LogP contribution in [-0.2, 0) is 4.74 Å². The van der Waals surface area contributed by atoms with Crippen molar-refractivity contribution in [2.75, 3.05) is 6.61 Å². The number of allylic oxidation sites excluding steroid dienone is 2. The van der Waals surface area contributed by atoms with Crippen molar-refractivity contribution >= 4 is 5.90 Å². The fraction of sp³-hybridized carbons (Fsp3) is 0.375. The van der Waals surface area contributed by atoms with Crippen molar-refractivity contribution < 1.29 is 4.74 Å². The Kier molecular flexibility index (Phi) is 4.75. The predicted octanol–water partition coefficient (Wildman–Crippen LogP) is 0.659. The molecule has 0 amide bonds. The van der Waals surface area contributed by atoms with E-state index in [1.807, 2.05) is 0 Å². The molecule has 68 valence electrons. The van der Waals surface area contributed by atoms with Crippen LogP contribution in [0.2, 0.25) is 0 Å². The molecule has 13 heavy (non-hydrogen) atoms. The van der Waals surface area contributed by atoms with Crippen LogP contribution in [0.25, 0.3) is 0 Å². The monoisotopic (exact) mass is 178 g/mol. The Balaban J connectivity index is 4.78. The fourth-order valence-electron chi connectivity index (χ4n) is 0.597. The number of nitriles is 2. The molecule has 0 radical (unpaired) electrons. The summed E-state index contributed by atoms with van der Waals surface area (Å²) >= 11 is 0. The van der Waals surface area contributed by atoms with Gasteiger partial charge in [0.2, 0.25) is 0 Å². The third kappa shape index (κ3) is 3.78. The lowest BCUT2D eigenvalue weighted by atomic mass is 10.4. The standard InChI is InChI=1S/C8H10N4O/c1-3-13-6(2)12-8(5-10)7(11)4-9/h3,11H2,1-2H3/b8-7-,12-6?. The summed E-state index contributed by atoms with van der Waals surface area (Å²) in [4.78, 5) is 3.72. The van der Waals surface area contributed by atoms with Gasteiger partial charge in [0.15, 0.2) is 11.6 Å². The molecular weight excluding hydrogens is 168 g/mol. The number of hydrogen-bond donors (Lipinski definition) is 1. The highest BCUT2D eigenvalue weighted by molar-refractivity contribution is 5.75. The maximum absolute atomic E-state index is 8.54. The minimum Gasteiger partial charge on any atom is -0.481 e. The van der Waals surface area contributed by atoms with Crippen LogP contribution in [0, 0.1) is 22.7 Å².